The Morgan fingerprint density at radius 1 is 1.04 bits per heavy atom. The van der Waals surface area contributed by atoms with Gasteiger partial charge in [-0.3, -0.25) is 4.79 Å². The van der Waals surface area contributed by atoms with Crippen molar-refractivity contribution >= 4 is 39.3 Å². The average molecular weight is 460 g/mol. The molecule has 0 unspecified atom stereocenters. The summed E-state index contributed by atoms with van der Waals surface area (Å²) in [6, 6.07) is 16.8. The number of carbonyl (C=O) groups is 1. The van der Waals surface area contributed by atoms with Crippen LogP contribution in [0.5, 0.6) is 11.5 Å². The molecule has 0 fully saturated rings. The Labute approximate surface area is 175 Å². The summed E-state index contributed by atoms with van der Waals surface area (Å²) >= 11 is 4.72. The molecule has 1 aromatic heterocycles. The first-order valence-electron chi connectivity index (χ1n) is 8.33. The molecule has 0 saturated heterocycles. The molecule has 0 atom stereocenters. The van der Waals surface area contributed by atoms with Crippen LogP contribution in [0.4, 0.5) is 5.69 Å². The molecule has 144 valence electrons. The van der Waals surface area contributed by atoms with Crippen molar-refractivity contribution < 1.29 is 14.3 Å². The highest BCUT2D eigenvalue weighted by Gasteiger charge is 2.10. The molecule has 0 aliphatic heterocycles. The molecular formula is C20H18BrN3O3S. The van der Waals surface area contributed by atoms with Gasteiger partial charge in [0.1, 0.15) is 16.5 Å². The van der Waals surface area contributed by atoms with Gasteiger partial charge in [0.2, 0.25) is 5.91 Å². The van der Waals surface area contributed by atoms with Crippen LogP contribution >= 0.6 is 27.7 Å². The van der Waals surface area contributed by atoms with E-state index in [4.69, 9.17) is 9.47 Å². The largest absolute Gasteiger partial charge is 0.497 e. The summed E-state index contributed by atoms with van der Waals surface area (Å²) in [5.74, 6) is 1.23. The molecular weight excluding hydrogens is 442 g/mol. The van der Waals surface area contributed by atoms with Crippen LogP contribution in [-0.4, -0.2) is 36.1 Å². The monoisotopic (exact) mass is 459 g/mol. The van der Waals surface area contributed by atoms with Crippen molar-refractivity contribution in [1.29, 1.82) is 0 Å². The Kier molecular flexibility index (Phi) is 6.89. The molecule has 2 aromatic carbocycles. The Bertz CT molecular complexity index is 950. The summed E-state index contributed by atoms with van der Waals surface area (Å²) < 4.78 is 11.5. The van der Waals surface area contributed by atoms with Crippen molar-refractivity contribution in [3.63, 3.8) is 0 Å². The highest BCUT2D eigenvalue weighted by Crippen LogP contribution is 2.29. The molecule has 0 spiro atoms. The van der Waals surface area contributed by atoms with Crippen molar-refractivity contribution in [1.82, 2.24) is 10.2 Å². The molecule has 0 bridgehead atoms. The van der Waals surface area contributed by atoms with Gasteiger partial charge >= 0.3 is 0 Å². The highest BCUT2D eigenvalue weighted by atomic mass is 79.9. The van der Waals surface area contributed by atoms with E-state index in [-0.39, 0.29) is 11.7 Å². The Hall–Kier alpha value is -2.58. The van der Waals surface area contributed by atoms with Crippen molar-refractivity contribution in [2.75, 3.05) is 25.3 Å². The third kappa shape index (κ3) is 5.24. The van der Waals surface area contributed by atoms with E-state index in [1.807, 2.05) is 36.4 Å². The molecule has 1 amide bonds. The van der Waals surface area contributed by atoms with Crippen molar-refractivity contribution in [2.24, 2.45) is 0 Å². The van der Waals surface area contributed by atoms with Crippen LogP contribution in [0.25, 0.3) is 11.3 Å². The summed E-state index contributed by atoms with van der Waals surface area (Å²) in [5.41, 5.74) is 2.32. The lowest BCUT2D eigenvalue weighted by Gasteiger charge is -2.11. The normalized spacial score (nSPS) is 10.4. The molecule has 6 nitrogen and oxygen atoms in total. The first kappa shape index (κ1) is 20.2. The van der Waals surface area contributed by atoms with Crippen LogP contribution in [0.2, 0.25) is 0 Å². The van der Waals surface area contributed by atoms with Crippen LogP contribution in [0, 0.1) is 0 Å². The number of benzene rings is 2. The van der Waals surface area contributed by atoms with Gasteiger partial charge in [-0.25, -0.2) is 0 Å². The van der Waals surface area contributed by atoms with Gasteiger partial charge in [-0.2, -0.15) is 0 Å². The average Bonchev–Trinajstić information content (AvgIpc) is 2.73. The summed E-state index contributed by atoms with van der Waals surface area (Å²) in [7, 11) is 3.12. The Balaban J connectivity index is 1.59. The van der Waals surface area contributed by atoms with Crippen molar-refractivity contribution in [2.45, 2.75) is 5.03 Å². The Morgan fingerprint density at radius 3 is 2.46 bits per heavy atom. The highest BCUT2D eigenvalue weighted by molar-refractivity contribution is 9.10. The predicted molar refractivity (Wildman–Crippen MR) is 114 cm³/mol. The summed E-state index contributed by atoms with van der Waals surface area (Å²) in [5, 5.41) is 11.9. The number of carbonyl (C=O) groups excluding carboxylic acids is 1. The van der Waals surface area contributed by atoms with E-state index in [1.165, 1.54) is 11.8 Å². The molecule has 1 N–H and O–H groups in total. The van der Waals surface area contributed by atoms with Crippen molar-refractivity contribution in [3.8, 4) is 22.8 Å². The third-order valence-electron chi connectivity index (χ3n) is 3.81. The first-order chi connectivity index (χ1) is 13.6. The summed E-state index contributed by atoms with van der Waals surface area (Å²) in [6.45, 7) is 0. The van der Waals surface area contributed by atoms with E-state index < -0.39 is 0 Å². The fourth-order valence-corrected chi connectivity index (χ4v) is 3.29. The Morgan fingerprint density at radius 2 is 1.82 bits per heavy atom. The second kappa shape index (κ2) is 9.57. The molecule has 1 heterocycles. The van der Waals surface area contributed by atoms with Gasteiger partial charge in [0.05, 0.1) is 31.4 Å². The van der Waals surface area contributed by atoms with E-state index in [1.54, 1.807) is 32.4 Å². The lowest BCUT2D eigenvalue weighted by atomic mass is 10.1. The maximum Gasteiger partial charge on any atom is 0.234 e. The minimum absolute atomic E-state index is 0.171. The molecule has 28 heavy (non-hydrogen) atoms. The van der Waals surface area contributed by atoms with Gasteiger partial charge in [-0.15, -0.1) is 10.2 Å². The smallest absolute Gasteiger partial charge is 0.234 e. The first-order valence-corrected chi connectivity index (χ1v) is 10.1. The van der Waals surface area contributed by atoms with Gasteiger partial charge < -0.3 is 14.8 Å². The summed E-state index contributed by atoms with van der Waals surface area (Å²) in [6.07, 6.45) is 0. The lowest BCUT2D eigenvalue weighted by molar-refractivity contribution is -0.113. The molecule has 3 rings (SSSR count). The minimum Gasteiger partial charge on any atom is -0.497 e. The van der Waals surface area contributed by atoms with Crippen LogP contribution in [0.1, 0.15) is 0 Å². The molecule has 0 saturated carbocycles. The van der Waals surface area contributed by atoms with E-state index in [0.717, 1.165) is 15.7 Å². The van der Waals surface area contributed by atoms with Gasteiger partial charge in [0, 0.05) is 16.1 Å². The molecule has 0 aliphatic rings. The van der Waals surface area contributed by atoms with Crippen molar-refractivity contribution in [3.05, 3.63) is 59.1 Å². The number of rotatable bonds is 7. The van der Waals surface area contributed by atoms with Crippen LogP contribution < -0.4 is 14.8 Å². The fraction of sp³-hybridized carbons (Fsp3) is 0.150. The van der Waals surface area contributed by atoms with E-state index >= 15 is 0 Å². The lowest BCUT2D eigenvalue weighted by Crippen LogP contribution is -2.15. The fourth-order valence-electron chi connectivity index (χ4n) is 2.41. The molecule has 0 radical (unpaired) electrons. The number of hydrogen-bond acceptors (Lipinski definition) is 6. The van der Waals surface area contributed by atoms with Gasteiger partial charge in [-0.05, 0) is 36.4 Å². The van der Waals surface area contributed by atoms with Gasteiger partial charge in [0.15, 0.2) is 0 Å². The number of methoxy groups -OCH3 is 2. The molecule has 3 aromatic rings. The second-order valence-corrected chi connectivity index (χ2v) is 7.58. The number of hydrogen-bond donors (Lipinski definition) is 1. The number of thioether (sulfide) groups is 1. The van der Waals surface area contributed by atoms with E-state index in [2.05, 4.69) is 31.4 Å². The zero-order valence-electron chi connectivity index (χ0n) is 15.3. The summed E-state index contributed by atoms with van der Waals surface area (Å²) in [4.78, 5) is 12.3. The van der Waals surface area contributed by atoms with Gasteiger partial charge in [-0.1, -0.05) is 39.8 Å². The quantitative estimate of drug-likeness (QED) is 0.518. The van der Waals surface area contributed by atoms with E-state index in [0.29, 0.717) is 22.2 Å². The number of aromatic nitrogens is 2. The number of halogens is 1. The zero-order valence-corrected chi connectivity index (χ0v) is 17.7. The standard InChI is InChI=1S/C20H18BrN3O3S/c1-26-15-7-9-18(27-2)17(11-15)22-19(25)12-28-20-10-8-16(23-24-20)13-3-5-14(21)6-4-13/h3-11H,12H2,1-2H3,(H,22,25). The minimum atomic E-state index is -0.171. The van der Waals surface area contributed by atoms with Crippen LogP contribution in [0.3, 0.4) is 0 Å². The maximum atomic E-state index is 12.3. The zero-order chi connectivity index (χ0) is 19.9. The van der Waals surface area contributed by atoms with E-state index in [9.17, 15) is 4.79 Å². The topological polar surface area (TPSA) is 73.3 Å². The number of ether oxygens (including phenoxy) is 2. The SMILES string of the molecule is COc1ccc(OC)c(NC(=O)CSc2ccc(-c3ccc(Br)cc3)nn2)c1. The van der Waals surface area contributed by atoms with Gasteiger partial charge in [0.25, 0.3) is 0 Å². The van der Waals surface area contributed by atoms with Crippen LogP contribution in [0.15, 0.2) is 64.1 Å². The predicted octanol–water partition coefficient (Wildman–Crippen LogP) is 4.65. The molecule has 8 heteroatoms. The number of anilines is 1. The molecule has 0 aliphatic carbocycles. The number of nitrogens with one attached hydrogen (secondary N) is 1. The number of nitrogens with zero attached hydrogens (tertiary/aromatic N) is 2. The third-order valence-corrected chi connectivity index (χ3v) is 5.26. The number of amides is 1. The second-order valence-electron chi connectivity index (χ2n) is 5.67. The van der Waals surface area contributed by atoms with Crippen LogP contribution in [-0.2, 0) is 4.79 Å². The maximum absolute atomic E-state index is 12.3.